The Kier molecular flexibility index (Phi) is 4.93. The van der Waals surface area contributed by atoms with Crippen LogP contribution in [-0.4, -0.2) is 51.9 Å². The van der Waals surface area contributed by atoms with Crippen LogP contribution < -0.4 is 4.74 Å². The van der Waals surface area contributed by atoms with Gasteiger partial charge in [-0.2, -0.15) is 5.10 Å². The Morgan fingerprint density at radius 2 is 2.00 bits per heavy atom. The summed E-state index contributed by atoms with van der Waals surface area (Å²) in [6.45, 7) is 2.49. The highest BCUT2D eigenvalue weighted by molar-refractivity contribution is 5.99. The lowest BCUT2D eigenvalue weighted by molar-refractivity contribution is 0.261. The van der Waals surface area contributed by atoms with Crippen molar-refractivity contribution in [3.8, 4) is 28.3 Å². The molecular weight excluding hydrogens is 374 g/mol. The number of fused-ring (bicyclic) bond motifs is 2. The molecule has 0 N–H and O–H groups in total. The average Bonchev–Trinajstić information content (AvgIpc) is 3.35. The Balaban J connectivity index is 1.60. The van der Waals surface area contributed by atoms with Crippen LogP contribution in [0.5, 0.6) is 5.75 Å². The van der Waals surface area contributed by atoms with Gasteiger partial charge in [0.25, 0.3) is 0 Å². The van der Waals surface area contributed by atoms with E-state index in [1.165, 1.54) is 11.3 Å². The maximum atomic E-state index is 5.91. The number of aryl methyl sites for hydroxylation is 1. The quantitative estimate of drug-likeness (QED) is 0.490. The van der Waals surface area contributed by atoms with Gasteiger partial charge in [-0.15, -0.1) is 0 Å². The molecule has 0 aliphatic carbocycles. The molecule has 1 aromatic carbocycles. The average molecular weight is 399 g/mol. The number of nitrogens with zero attached hydrogens (tertiary/aromatic N) is 5. The molecule has 152 valence electrons. The van der Waals surface area contributed by atoms with Crippen molar-refractivity contribution in [3.63, 3.8) is 0 Å². The van der Waals surface area contributed by atoms with Gasteiger partial charge in [-0.25, -0.2) is 0 Å². The predicted molar refractivity (Wildman–Crippen MR) is 119 cm³/mol. The largest absolute Gasteiger partial charge is 0.492 e. The van der Waals surface area contributed by atoms with Crippen LogP contribution in [0, 0.1) is 0 Å². The molecule has 0 fully saturated rings. The first-order valence-corrected chi connectivity index (χ1v) is 10.4. The standard InChI is InChI=1S/C24H25N5O/c1-28(2)14-15-30-17-8-9-18-19(10-12-26-21(18)16-17)23-22-7-5-13-29(22)27-24(23)20-6-3-4-11-25-20/h3-4,6,8-12,16H,5,7,13-15H2,1-2H3. The fourth-order valence-corrected chi connectivity index (χ4v) is 4.08. The molecular formula is C24H25N5O. The Morgan fingerprint density at radius 3 is 2.83 bits per heavy atom. The van der Waals surface area contributed by atoms with Crippen LogP contribution in [0.2, 0.25) is 0 Å². The highest BCUT2D eigenvalue weighted by Gasteiger charge is 2.25. The smallest absolute Gasteiger partial charge is 0.121 e. The first kappa shape index (κ1) is 18.8. The van der Waals surface area contributed by atoms with Crippen LogP contribution >= 0.6 is 0 Å². The summed E-state index contributed by atoms with van der Waals surface area (Å²) in [5.41, 5.74) is 6.41. The molecule has 0 bridgehead atoms. The van der Waals surface area contributed by atoms with Gasteiger partial charge < -0.3 is 9.64 Å². The number of hydrogen-bond donors (Lipinski definition) is 0. The van der Waals surface area contributed by atoms with Crippen molar-refractivity contribution in [1.29, 1.82) is 0 Å². The lowest BCUT2D eigenvalue weighted by Crippen LogP contribution is -2.19. The highest BCUT2D eigenvalue weighted by Crippen LogP contribution is 2.40. The van der Waals surface area contributed by atoms with Gasteiger partial charge in [0.2, 0.25) is 0 Å². The molecule has 3 aromatic heterocycles. The second-order valence-electron chi connectivity index (χ2n) is 7.90. The molecule has 1 aliphatic heterocycles. The minimum Gasteiger partial charge on any atom is -0.492 e. The molecule has 30 heavy (non-hydrogen) atoms. The van der Waals surface area contributed by atoms with Crippen molar-refractivity contribution in [2.75, 3.05) is 27.2 Å². The molecule has 0 unspecified atom stereocenters. The molecule has 6 heteroatoms. The minimum atomic E-state index is 0.652. The molecule has 4 aromatic rings. The summed E-state index contributed by atoms with van der Waals surface area (Å²) in [5, 5.41) is 6.03. The topological polar surface area (TPSA) is 56.1 Å². The first-order chi connectivity index (χ1) is 14.7. The lowest BCUT2D eigenvalue weighted by Gasteiger charge is -2.12. The Bertz CT molecular complexity index is 1180. The second kappa shape index (κ2) is 7.88. The van der Waals surface area contributed by atoms with Gasteiger partial charge in [0.1, 0.15) is 18.1 Å². The minimum absolute atomic E-state index is 0.652. The van der Waals surface area contributed by atoms with Crippen molar-refractivity contribution >= 4 is 10.9 Å². The summed E-state index contributed by atoms with van der Waals surface area (Å²) < 4.78 is 8.06. The molecule has 0 radical (unpaired) electrons. The number of pyridine rings is 2. The van der Waals surface area contributed by atoms with Crippen LogP contribution in [0.1, 0.15) is 12.1 Å². The van der Waals surface area contributed by atoms with E-state index in [1.54, 1.807) is 0 Å². The molecule has 5 rings (SSSR count). The zero-order chi connectivity index (χ0) is 20.5. The monoisotopic (exact) mass is 399 g/mol. The third-order valence-corrected chi connectivity index (χ3v) is 5.54. The molecule has 4 heterocycles. The van der Waals surface area contributed by atoms with E-state index in [0.29, 0.717) is 6.61 Å². The normalized spacial score (nSPS) is 13.2. The molecule has 0 saturated carbocycles. The van der Waals surface area contributed by atoms with E-state index in [1.807, 2.05) is 56.8 Å². The summed E-state index contributed by atoms with van der Waals surface area (Å²) >= 11 is 0. The van der Waals surface area contributed by atoms with Crippen molar-refractivity contribution in [2.45, 2.75) is 19.4 Å². The van der Waals surface area contributed by atoms with Gasteiger partial charge in [-0.1, -0.05) is 6.07 Å². The second-order valence-corrected chi connectivity index (χ2v) is 7.90. The molecule has 0 amide bonds. The summed E-state index contributed by atoms with van der Waals surface area (Å²) in [7, 11) is 4.09. The fourth-order valence-electron chi connectivity index (χ4n) is 4.08. The Morgan fingerprint density at radius 1 is 1.07 bits per heavy atom. The maximum absolute atomic E-state index is 5.91. The van der Waals surface area contributed by atoms with E-state index in [2.05, 4.69) is 31.7 Å². The van der Waals surface area contributed by atoms with E-state index in [9.17, 15) is 0 Å². The number of rotatable bonds is 6. The zero-order valence-electron chi connectivity index (χ0n) is 17.4. The highest BCUT2D eigenvalue weighted by atomic mass is 16.5. The Labute approximate surface area is 176 Å². The number of ether oxygens (including phenoxy) is 1. The molecule has 6 nitrogen and oxygen atoms in total. The van der Waals surface area contributed by atoms with Crippen LogP contribution in [0.25, 0.3) is 33.4 Å². The van der Waals surface area contributed by atoms with Gasteiger partial charge in [-0.3, -0.25) is 14.6 Å². The number of benzene rings is 1. The van der Waals surface area contributed by atoms with E-state index < -0.39 is 0 Å². The van der Waals surface area contributed by atoms with Gasteiger partial charge in [0.15, 0.2) is 0 Å². The maximum Gasteiger partial charge on any atom is 0.121 e. The molecule has 0 saturated heterocycles. The first-order valence-electron chi connectivity index (χ1n) is 10.4. The van der Waals surface area contributed by atoms with E-state index in [4.69, 9.17) is 9.84 Å². The SMILES string of the molecule is CN(C)CCOc1ccc2c(-c3c(-c4ccccn4)nn4c3CCC4)ccnc2c1. The zero-order valence-corrected chi connectivity index (χ0v) is 17.4. The number of aromatic nitrogens is 4. The summed E-state index contributed by atoms with van der Waals surface area (Å²) in [4.78, 5) is 11.3. The third-order valence-electron chi connectivity index (χ3n) is 5.54. The van der Waals surface area contributed by atoms with Crippen LogP contribution in [0.15, 0.2) is 54.9 Å². The van der Waals surface area contributed by atoms with Crippen LogP contribution in [0.3, 0.4) is 0 Å². The van der Waals surface area contributed by atoms with Gasteiger partial charge in [0, 0.05) is 48.2 Å². The van der Waals surface area contributed by atoms with Crippen molar-refractivity contribution in [1.82, 2.24) is 24.6 Å². The fraction of sp³-hybridized carbons (Fsp3) is 0.292. The third kappa shape index (κ3) is 3.44. The van der Waals surface area contributed by atoms with Gasteiger partial charge >= 0.3 is 0 Å². The molecule has 0 spiro atoms. The Hall–Kier alpha value is -3.25. The van der Waals surface area contributed by atoms with Gasteiger partial charge in [-0.05, 0) is 62.8 Å². The number of likely N-dealkylation sites (N-methyl/N-ethyl adjacent to an activating group) is 1. The van der Waals surface area contributed by atoms with Crippen molar-refractivity contribution in [3.05, 3.63) is 60.6 Å². The van der Waals surface area contributed by atoms with Crippen molar-refractivity contribution in [2.24, 2.45) is 0 Å². The van der Waals surface area contributed by atoms with Gasteiger partial charge in [0.05, 0.1) is 11.2 Å². The summed E-state index contributed by atoms with van der Waals surface area (Å²) in [5.74, 6) is 0.846. The van der Waals surface area contributed by atoms with Crippen LogP contribution in [0.4, 0.5) is 0 Å². The van der Waals surface area contributed by atoms with E-state index in [-0.39, 0.29) is 0 Å². The van der Waals surface area contributed by atoms with E-state index in [0.717, 1.165) is 59.5 Å². The molecule has 0 atom stereocenters. The van der Waals surface area contributed by atoms with Crippen LogP contribution in [-0.2, 0) is 13.0 Å². The number of hydrogen-bond acceptors (Lipinski definition) is 5. The van der Waals surface area contributed by atoms with Crippen molar-refractivity contribution < 1.29 is 4.74 Å². The molecule has 1 aliphatic rings. The summed E-state index contributed by atoms with van der Waals surface area (Å²) in [6, 6.07) is 14.3. The predicted octanol–water partition coefficient (Wildman–Crippen LogP) is 4.05. The summed E-state index contributed by atoms with van der Waals surface area (Å²) in [6.07, 6.45) is 5.86. The van der Waals surface area contributed by atoms with E-state index >= 15 is 0 Å². The lowest BCUT2D eigenvalue weighted by atomic mass is 9.96.